The van der Waals surface area contributed by atoms with Crippen molar-refractivity contribution < 1.29 is 33.8 Å². The molecule has 4 aromatic rings. The molecule has 254 valence electrons. The fourth-order valence-electron chi connectivity index (χ4n) is 6.22. The summed E-state index contributed by atoms with van der Waals surface area (Å²) in [6.45, 7) is 1.08. The van der Waals surface area contributed by atoms with Crippen LogP contribution in [0.4, 0.5) is 0 Å². The summed E-state index contributed by atoms with van der Waals surface area (Å²) in [6, 6.07) is 34.4. The number of nitrogens with one attached hydrogen (secondary N) is 1. The van der Waals surface area contributed by atoms with Crippen LogP contribution in [0.25, 0.3) is 0 Å². The van der Waals surface area contributed by atoms with Gasteiger partial charge in [-0.3, -0.25) is 19.3 Å². The lowest BCUT2D eigenvalue weighted by molar-refractivity contribution is -0.197. The van der Waals surface area contributed by atoms with E-state index in [9.17, 15) is 24.3 Å². The molecule has 0 bridgehead atoms. The topological polar surface area (TPSA) is 122 Å². The molecule has 0 unspecified atom stereocenters. The summed E-state index contributed by atoms with van der Waals surface area (Å²) >= 11 is 2.69. The number of hydrogen-bond donors (Lipinski definition) is 2. The number of halogens is 1. The summed E-state index contributed by atoms with van der Waals surface area (Å²) in [4.78, 5) is 53.6. The Labute approximate surface area is 303 Å². The van der Waals surface area contributed by atoms with E-state index in [2.05, 4.69) is 41.7 Å². The van der Waals surface area contributed by atoms with Gasteiger partial charge < -0.3 is 19.9 Å². The van der Waals surface area contributed by atoms with Crippen LogP contribution in [0.5, 0.6) is 0 Å². The molecule has 2 aliphatic heterocycles. The van der Waals surface area contributed by atoms with Crippen molar-refractivity contribution in [3.63, 3.8) is 0 Å². The molecule has 0 spiro atoms. The molecule has 2 aliphatic rings. The molecular weight excluding hydrogens is 747 g/mol. The number of hydrogen-bond acceptors (Lipinski definition) is 8. The van der Waals surface area contributed by atoms with Gasteiger partial charge in [0.25, 0.3) is 11.6 Å². The molecule has 2 atom stereocenters. The number of carboxylic acids is 1. The van der Waals surface area contributed by atoms with Crippen LogP contribution < -0.4 is 21.2 Å². The van der Waals surface area contributed by atoms with Crippen molar-refractivity contribution in [2.75, 3.05) is 25.1 Å². The van der Waals surface area contributed by atoms with E-state index in [0.717, 1.165) is 25.7 Å². The Bertz CT molecular complexity index is 1730. The smallest absolute Gasteiger partial charge is 0.352 e. The minimum Gasteiger partial charge on any atom is -0.477 e. The van der Waals surface area contributed by atoms with Crippen LogP contribution in [-0.4, -0.2) is 70.0 Å². The Morgan fingerprint density at radius 3 is 1.98 bits per heavy atom. The van der Waals surface area contributed by atoms with Gasteiger partial charge in [0.05, 0.1) is 19.2 Å². The highest BCUT2D eigenvalue weighted by Crippen LogP contribution is 2.55. The van der Waals surface area contributed by atoms with Gasteiger partial charge in [-0.15, -0.1) is 40.1 Å². The number of fused-ring (bicyclic) bond motifs is 1. The number of ether oxygens (including phenoxy) is 2. The van der Waals surface area contributed by atoms with E-state index < -0.39 is 42.1 Å². The number of nitrogens with zero attached hydrogens (tertiary/aromatic N) is 1. The third kappa shape index (κ3) is 7.25. The predicted molar refractivity (Wildman–Crippen MR) is 200 cm³/mol. The van der Waals surface area contributed by atoms with E-state index in [1.54, 1.807) is 0 Å². The summed E-state index contributed by atoms with van der Waals surface area (Å²) in [5.74, 6) is -2.80. The van der Waals surface area contributed by atoms with Gasteiger partial charge in [0.1, 0.15) is 40.9 Å². The quantitative estimate of drug-likeness (QED) is 0.0881. The number of amides is 2. The number of carbonyl (C=O) groups is 4. The van der Waals surface area contributed by atoms with Gasteiger partial charge >= 0.3 is 11.9 Å². The lowest BCUT2D eigenvalue weighted by Gasteiger charge is -2.56. The molecule has 3 aromatic carbocycles. The highest BCUT2D eigenvalue weighted by molar-refractivity contribution is 8.93. The zero-order valence-electron chi connectivity index (χ0n) is 26.5. The zero-order valence-corrected chi connectivity index (χ0v) is 30.8. The summed E-state index contributed by atoms with van der Waals surface area (Å²) in [6.07, 6.45) is 0.555. The second-order valence-electron chi connectivity index (χ2n) is 11.3. The van der Waals surface area contributed by atoms with Crippen molar-refractivity contribution >= 4 is 87.0 Å². The Hall–Kier alpha value is -3.80. The number of carboxylic acid groups (broad SMARTS) is 1. The number of rotatable bonds is 13. The average molecular weight is 783 g/mol. The number of carbonyl (C=O) groups excluding carboxylic acids is 3. The SMILES string of the molecule is Br.CC(=O)OCC1=C(C(=O)O)N2C(=O)[C@@](NC(=O)Cc3cccs3)(OCC[P+](c3ccccc3)(c3ccccc3)c3ccccc3)[C@H]2SC1. The molecule has 1 fully saturated rings. The number of benzene rings is 3. The van der Waals surface area contributed by atoms with Crippen LogP contribution in [0.15, 0.2) is 120 Å². The van der Waals surface area contributed by atoms with Crippen LogP contribution in [0.2, 0.25) is 0 Å². The number of thiophene rings is 1. The molecule has 0 saturated carbocycles. The maximum atomic E-state index is 14.2. The van der Waals surface area contributed by atoms with Crippen molar-refractivity contribution in [1.82, 2.24) is 10.2 Å². The summed E-state index contributed by atoms with van der Waals surface area (Å²) in [7, 11) is -2.34. The highest BCUT2D eigenvalue weighted by atomic mass is 79.9. The van der Waals surface area contributed by atoms with Crippen LogP contribution in [0, 0.1) is 0 Å². The average Bonchev–Trinajstić information content (AvgIpc) is 3.62. The van der Waals surface area contributed by atoms with Gasteiger partial charge in [0.2, 0.25) is 5.91 Å². The highest BCUT2D eigenvalue weighted by Gasteiger charge is 2.67. The molecule has 49 heavy (non-hydrogen) atoms. The van der Waals surface area contributed by atoms with Crippen molar-refractivity contribution in [2.24, 2.45) is 0 Å². The maximum Gasteiger partial charge on any atom is 0.352 e. The normalized spacial score (nSPS) is 18.5. The minimum absolute atomic E-state index is 0. The van der Waals surface area contributed by atoms with Crippen molar-refractivity contribution in [1.29, 1.82) is 0 Å². The van der Waals surface area contributed by atoms with E-state index in [1.807, 2.05) is 72.1 Å². The first-order chi connectivity index (χ1) is 23.3. The molecule has 0 aliphatic carbocycles. The molecule has 2 amide bonds. The number of thioether (sulfide) groups is 1. The van der Waals surface area contributed by atoms with Crippen molar-refractivity contribution in [3.8, 4) is 0 Å². The zero-order chi connectivity index (χ0) is 33.7. The molecule has 1 saturated heterocycles. The summed E-state index contributed by atoms with van der Waals surface area (Å²) in [5, 5.41) is 17.5. The molecule has 6 rings (SSSR count). The molecular formula is C36H35BrN2O7PS2+. The Balaban J connectivity index is 0.00000468. The third-order valence-electron chi connectivity index (χ3n) is 8.35. The monoisotopic (exact) mass is 781 g/mol. The number of β-lactam (4-membered cyclic amide) rings is 1. The lowest BCUT2D eigenvalue weighted by Crippen LogP contribution is -2.81. The van der Waals surface area contributed by atoms with E-state index >= 15 is 0 Å². The van der Waals surface area contributed by atoms with Crippen LogP contribution in [0.1, 0.15) is 11.8 Å². The standard InChI is InChI=1S/C36H33N2O7PS2.BrH/c1-25(39)44-23-26-24-48-35-36(34(43)38(35)32(26)33(41)42,37-31(40)22-30-18-11-21-47-30)45-19-20-46(27-12-5-2-6-13-27,28-14-7-3-8-15-28)29-16-9-4-10-17-29;/h2-18,21,35H,19-20,22-24H2,1H3,(H-,37,40,41,42);1H/p+1/t35-,36-;/m1./s1. The first-order valence-electron chi connectivity index (χ1n) is 15.3. The molecule has 3 heterocycles. The second kappa shape index (κ2) is 15.8. The van der Waals surface area contributed by atoms with E-state index in [1.165, 1.54) is 30.0 Å². The van der Waals surface area contributed by atoms with Crippen molar-refractivity contribution in [3.05, 3.63) is 125 Å². The second-order valence-corrected chi connectivity index (χ2v) is 17.0. The summed E-state index contributed by atoms with van der Waals surface area (Å²) < 4.78 is 11.7. The Morgan fingerprint density at radius 2 is 1.49 bits per heavy atom. The van der Waals surface area contributed by atoms with Gasteiger partial charge in [-0.25, -0.2) is 4.79 Å². The van der Waals surface area contributed by atoms with Gasteiger partial charge in [0.15, 0.2) is 0 Å². The predicted octanol–water partition coefficient (Wildman–Crippen LogP) is 4.51. The fourth-order valence-corrected chi connectivity index (χ4v) is 12.4. The maximum absolute atomic E-state index is 14.2. The van der Waals surface area contributed by atoms with E-state index in [0.29, 0.717) is 11.7 Å². The van der Waals surface area contributed by atoms with Gasteiger partial charge in [0, 0.05) is 23.1 Å². The third-order valence-corrected chi connectivity index (χ3v) is 15.0. The largest absolute Gasteiger partial charge is 0.477 e. The molecule has 1 aromatic heterocycles. The summed E-state index contributed by atoms with van der Waals surface area (Å²) in [5.41, 5.74) is -1.75. The Morgan fingerprint density at radius 1 is 0.918 bits per heavy atom. The van der Waals surface area contributed by atoms with E-state index in [4.69, 9.17) is 9.47 Å². The van der Waals surface area contributed by atoms with Gasteiger partial charge in [-0.1, -0.05) is 60.7 Å². The van der Waals surface area contributed by atoms with Crippen molar-refractivity contribution in [2.45, 2.75) is 24.4 Å². The van der Waals surface area contributed by atoms with E-state index in [-0.39, 0.29) is 48.1 Å². The fraction of sp³-hybridized carbons (Fsp3) is 0.222. The van der Waals surface area contributed by atoms with Crippen LogP contribution in [-0.2, 0) is 35.1 Å². The number of aliphatic carboxylic acids is 1. The van der Waals surface area contributed by atoms with Crippen LogP contribution in [0.3, 0.4) is 0 Å². The number of esters is 1. The lowest BCUT2D eigenvalue weighted by atomic mass is 9.97. The van der Waals surface area contributed by atoms with Gasteiger partial charge in [-0.05, 0) is 47.8 Å². The van der Waals surface area contributed by atoms with Crippen LogP contribution >= 0.6 is 47.3 Å². The molecule has 2 N–H and O–H groups in total. The Kier molecular flexibility index (Phi) is 11.8. The molecule has 13 heteroatoms. The molecule has 0 radical (unpaired) electrons. The van der Waals surface area contributed by atoms with Gasteiger partial charge in [-0.2, -0.15) is 0 Å². The first kappa shape index (κ1) is 36.5. The minimum atomic E-state index is -2.34. The first-order valence-corrected chi connectivity index (χ1v) is 19.2. The molecule has 9 nitrogen and oxygen atoms in total.